The van der Waals surface area contributed by atoms with Crippen molar-refractivity contribution >= 4 is 6.09 Å². The first-order chi connectivity index (χ1) is 8.36. The summed E-state index contributed by atoms with van der Waals surface area (Å²) < 4.78 is 5.01. The Bertz CT molecular complexity index is 238. The van der Waals surface area contributed by atoms with E-state index in [0.717, 1.165) is 26.1 Å². The van der Waals surface area contributed by atoms with Gasteiger partial charge in [-0.2, -0.15) is 0 Å². The number of hydrogen-bond donors (Lipinski definition) is 1. The molecule has 2 aliphatic rings. The van der Waals surface area contributed by atoms with Gasteiger partial charge in [-0.25, -0.2) is 4.79 Å². The number of carbonyl (C=O) groups excluding carboxylic acids is 1. The Balaban J connectivity index is 1.62. The first-order valence-corrected chi connectivity index (χ1v) is 7.01. The van der Waals surface area contributed by atoms with Crippen LogP contribution in [0, 0.1) is 0 Å². The minimum atomic E-state index is -0.140. The molecule has 1 saturated heterocycles. The maximum atomic E-state index is 11.4. The Morgan fingerprint density at radius 3 is 2.65 bits per heavy atom. The summed E-state index contributed by atoms with van der Waals surface area (Å²) in [7, 11) is 0. The lowest BCUT2D eigenvalue weighted by Gasteiger charge is -2.27. The predicted octanol–water partition coefficient (Wildman–Crippen LogP) is 2.14. The molecule has 0 atom stereocenters. The lowest BCUT2D eigenvalue weighted by Crippen LogP contribution is -2.43. The first kappa shape index (κ1) is 12.7. The molecule has 98 valence electrons. The molecule has 4 nitrogen and oxygen atoms in total. The van der Waals surface area contributed by atoms with Crippen LogP contribution in [0.1, 0.15) is 44.9 Å². The second-order valence-corrected chi connectivity index (χ2v) is 5.10. The van der Waals surface area contributed by atoms with Gasteiger partial charge in [-0.15, -0.1) is 0 Å². The highest BCUT2D eigenvalue weighted by atomic mass is 16.6. The molecule has 1 saturated carbocycles. The Hall–Kier alpha value is -0.770. The van der Waals surface area contributed by atoms with Crippen molar-refractivity contribution in [1.29, 1.82) is 0 Å². The van der Waals surface area contributed by atoms with Gasteiger partial charge in [0.2, 0.25) is 0 Å². The SMILES string of the molecule is O=C1OCCCN1CCNC1CCCCCC1. The van der Waals surface area contributed by atoms with Crippen LogP contribution < -0.4 is 5.32 Å². The van der Waals surface area contributed by atoms with Crippen LogP contribution in [-0.2, 0) is 4.74 Å². The summed E-state index contributed by atoms with van der Waals surface area (Å²) in [5.41, 5.74) is 0. The molecule has 1 aliphatic carbocycles. The van der Waals surface area contributed by atoms with E-state index >= 15 is 0 Å². The third-order valence-electron chi connectivity index (χ3n) is 3.73. The summed E-state index contributed by atoms with van der Waals surface area (Å²) in [6, 6.07) is 0.665. The van der Waals surface area contributed by atoms with E-state index in [1.54, 1.807) is 0 Å². The van der Waals surface area contributed by atoms with E-state index in [1.807, 2.05) is 4.90 Å². The van der Waals surface area contributed by atoms with E-state index < -0.39 is 0 Å². The predicted molar refractivity (Wildman–Crippen MR) is 67.0 cm³/mol. The van der Waals surface area contributed by atoms with Crippen LogP contribution in [0.5, 0.6) is 0 Å². The third-order valence-corrected chi connectivity index (χ3v) is 3.73. The zero-order chi connectivity index (χ0) is 11.9. The Labute approximate surface area is 104 Å². The Morgan fingerprint density at radius 1 is 1.18 bits per heavy atom. The summed E-state index contributed by atoms with van der Waals surface area (Å²) in [5.74, 6) is 0. The van der Waals surface area contributed by atoms with Gasteiger partial charge in [0.15, 0.2) is 0 Å². The van der Waals surface area contributed by atoms with Crippen LogP contribution in [0.15, 0.2) is 0 Å². The molecule has 0 aromatic rings. The monoisotopic (exact) mass is 240 g/mol. The van der Waals surface area contributed by atoms with Crippen molar-refractivity contribution < 1.29 is 9.53 Å². The smallest absolute Gasteiger partial charge is 0.409 e. The Morgan fingerprint density at radius 2 is 1.94 bits per heavy atom. The molecule has 2 fully saturated rings. The van der Waals surface area contributed by atoms with Crippen LogP contribution >= 0.6 is 0 Å². The molecule has 0 bridgehead atoms. The van der Waals surface area contributed by atoms with Gasteiger partial charge < -0.3 is 15.0 Å². The van der Waals surface area contributed by atoms with Gasteiger partial charge >= 0.3 is 6.09 Å². The van der Waals surface area contributed by atoms with Crippen molar-refractivity contribution in [2.45, 2.75) is 51.0 Å². The number of hydrogen-bond acceptors (Lipinski definition) is 3. The molecule has 17 heavy (non-hydrogen) atoms. The van der Waals surface area contributed by atoms with Crippen LogP contribution in [0.25, 0.3) is 0 Å². The molecule has 1 N–H and O–H groups in total. The zero-order valence-corrected chi connectivity index (χ0v) is 10.6. The van der Waals surface area contributed by atoms with Gasteiger partial charge in [-0.05, 0) is 19.3 Å². The fourth-order valence-corrected chi connectivity index (χ4v) is 2.69. The number of ether oxygens (including phenoxy) is 1. The van der Waals surface area contributed by atoms with Crippen LogP contribution in [0.2, 0.25) is 0 Å². The topological polar surface area (TPSA) is 41.6 Å². The van der Waals surface area contributed by atoms with Gasteiger partial charge in [-0.3, -0.25) is 0 Å². The zero-order valence-electron chi connectivity index (χ0n) is 10.6. The van der Waals surface area contributed by atoms with E-state index in [1.165, 1.54) is 38.5 Å². The average Bonchev–Trinajstić information content (AvgIpc) is 2.60. The number of amides is 1. The van der Waals surface area contributed by atoms with Gasteiger partial charge in [-0.1, -0.05) is 25.7 Å². The quantitative estimate of drug-likeness (QED) is 0.765. The summed E-state index contributed by atoms with van der Waals surface area (Å²) in [4.78, 5) is 13.2. The van der Waals surface area contributed by atoms with E-state index in [4.69, 9.17) is 4.74 Å². The third kappa shape index (κ3) is 4.19. The van der Waals surface area contributed by atoms with E-state index in [-0.39, 0.29) is 6.09 Å². The molecule has 0 radical (unpaired) electrons. The molecule has 0 spiro atoms. The lowest BCUT2D eigenvalue weighted by atomic mass is 10.1. The van der Waals surface area contributed by atoms with Crippen molar-refractivity contribution in [1.82, 2.24) is 10.2 Å². The molecule has 0 unspecified atom stereocenters. The van der Waals surface area contributed by atoms with Crippen molar-refractivity contribution in [3.63, 3.8) is 0 Å². The maximum Gasteiger partial charge on any atom is 0.409 e. The molecular formula is C13H24N2O2. The van der Waals surface area contributed by atoms with Crippen molar-refractivity contribution in [3.8, 4) is 0 Å². The highest BCUT2D eigenvalue weighted by molar-refractivity contribution is 5.68. The largest absolute Gasteiger partial charge is 0.449 e. The van der Waals surface area contributed by atoms with Crippen molar-refractivity contribution in [2.75, 3.05) is 26.2 Å². The first-order valence-electron chi connectivity index (χ1n) is 7.01. The minimum absolute atomic E-state index is 0.140. The molecule has 1 aliphatic heterocycles. The number of carbonyl (C=O) groups is 1. The standard InChI is InChI=1S/C13H24N2O2/c16-13-15(9-5-11-17-13)10-8-14-12-6-3-1-2-4-7-12/h12,14H,1-11H2. The summed E-state index contributed by atoms with van der Waals surface area (Å²) in [6.45, 7) is 3.13. The number of nitrogens with one attached hydrogen (secondary N) is 1. The molecular weight excluding hydrogens is 216 g/mol. The van der Waals surface area contributed by atoms with E-state index in [2.05, 4.69) is 5.32 Å². The average molecular weight is 240 g/mol. The second kappa shape index (κ2) is 6.84. The van der Waals surface area contributed by atoms with Gasteiger partial charge in [0.05, 0.1) is 6.61 Å². The maximum absolute atomic E-state index is 11.4. The molecule has 0 aromatic heterocycles. The molecule has 1 amide bonds. The van der Waals surface area contributed by atoms with Crippen molar-refractivity contribution in [2.24, 2.45) is 0 Å². The van der Waals surface area contributed by atoms with E-state index in [9.17, 15) is 4.79 Å². The molecule has 1 heterocycles. The van der Waals surface area contributed by atoms with Crippen LogP contribution in [0.3, 0.4) is 0 Å². The second-order valence-electron chi connectivity index (χ2n) is 5.10. The summed E-state index contributed by atoms with van der Waals surface area (Å²) in [5, 5.41) is 3.58. The normalized spacial score (nSPS) is 23.3. The van der Waals surface area contributed by atoms with Crippen molar-refractivity contribution in [3.05, 3.63) is 0 Å². The lowest BCUT2D eigenvalue weighted by molar-refractivity contribution is 0.0730. The van der Waals surface area contributed by atoms with E-state index in [0.29, 0.717) is 12.6 Å². The molecule has 4 heteroatoms. The van der Waals surface area contributed by atoms with Gasteiger partial charge in [0.1, 0.15) is 0 Å². The number of rotatable bonds is 4. The van der Waals surface area contributed by atoms with Crippen LogP contribution in [-0.4, -0.2) is 43.3 Å². The van der Waals surface area contributed by atoms with Gasteiger partial charge in [0, 0.05) is 25.7 Å². The minimum Gasteiger partial charge on any atom is -0.449 e. The summed E-state index contributed by atoms with van der Waals surface area (Å²) >= 11 is 0. The number of nitrogens with zero attached hydrogens (tertiary/aromatic N) is 1. The van der Waals surface area contributed by atoms with Crippen LogP contribution in [0.4, 0.5) is 4.79 Å². The molecule has 2 rings (SSSR count). The fraction of sp³-hybridized carbons (Fsp3) is 0.923. The highest BCUT2D eigenvalue weighted by Gasteiger charge is 2.19. The fourth-order valence-electron chi connectivity index (χ4n) is 2.69. The highest BCUT2D eigenvalue weighted by Crippen LogP contribution is 2.17. The summed E-state index contributed by atoms with van der Waals surface area (Å²) in [6.07, 6.45) is 8.89. The van der Waals surface area contributed by atoms with Gasteiger partial charge in [0.25, 0.3) is 0 Å². The molecule has 0 aromatic carbocycles. The Kier molecular flexibility index (Phi) is 5.10. The number of cyclic esters (lactones) is 1.